The highest BCUT2D eigenvalue weighted by Crippen LogP contribution is 2.23. The SMILES string of the molecule is CCCCCCC/C=C\C/C=C\C/C=C\CCCCCCCCCCCCCCCCCCCCC(=O)NC(COC1OC(CO)C(O)C(O)C1O)C(O)/C=C/CC/C=C/CCCCCCCCCCCCCCCCCCC. The zero-order valence-corrected chi connectivity index (χ0v) is 51.6. The van der Waals surface area contributed by atoms with E-state index in [1.165, 1.54) is 250 Å². The Balaban J connectivity index is 2.15. The first kappa shape index (κ1) is 74.9. The average Bonchev–Trinajstić information content (AvgIpc) is 3.47. The average molecular weight is 1110 g/mol. The van der Waals surface area contributed by atoms with Crippen LogP contribution in [-0.4, -0.2) is 87.5 Å². The first-order chi connectivity index (χ1) is 38.8. The Hall–Kier alpha value is -2.11. The number of allylic oxidation sites excluding steroid dienone is 9. The normalized spacial score (nSPS) is 18.9. The Morgan fingerprint density at radius 3 is 1.15 bits per heavy atom. The topological polar surface area (TPSA) is 149 Å². The second-order valence-corrected chi connectivity index (χ2v) is 23.6. The molecule has 0 aromatic heterocycles. The van der Waals surface area contributed by atoms with Crippen LogP contribution in [0.5, 0.6) is 0 Å². The maximum Gasteiger partial charge on any atom is 0.220 e. The molecule has 1 aliphatic heterocycles. The molecule has 1 aliphatic rings. The quantitative estimate of drug-likeness (QED) is 0.0261. The molecule has 6 N–H and O–H groups in total. The van der Waals surface area contributed by atoms with Crippen molar-refractivity contribution >= 4 is 5.91 Å². The molecule has 1 rings (SSSR count). The molecule has 0 aromatic rings. The molecule has 0 aliphatic carbocycles. The third-order valence-electron chi connectivity index (χ3n) is 16.1. The van der Waals surface area contributed by atoms with E-state index in [4.69, 9.17) is 9.47 Å². The Morgan fingerprint density at radius 1 is 0.430 bits per heavy atom. The standard InChI is InChI=1S/C70H129NO8/c1-3-5-7-9-11-13-15-17-19-21-23-25-27-28-29-30-31-32-33-34-35-36-38-40-42-44-46-48-50-52-54-56-58-60-66(74)71-63(62-78-70-69(77)68(76)67(75)65(61-72)79-70)64(73)59-57-55-53-51-49-47-45-43-41-39-37-26-24-22-20-18-16-14-12-10-8-6-4-2/h15,17,21,23,27-28,49,51,57,59,63-65,67-70,72-73,75-77H,3-14,16,18-20,22,24-26,29-48,50,52-56,58,60-62H2,1-2H3,(H,71,74)/b17-15-,23-21-,28-27-,51-49+,59-57+. The van der Waals surface area contributed by atoms with E-state index in [2.05, 4.69) is 67.8 Å². The Labute approximate surface area is 487 Å². The molecule has 1 amide bonds. The molecule has 462 valence electrons. The molecule has 1 fully saturated rings. The molecule has 0 radical (unpaired) electrons. The molecule has 79 heavy (non-hydrogen) atoms. The van der Waals surface area contributed by atoms with Crippen molar-refractivity contribution in [2.75, 3.05) is 13.2 Å². The molecular weight excluding hydrogens is 983 g/mol. The fourth-order valence-electron chi connectivity index (χ4n) is 10.7. The Bertz CT molecular complexity index is 1430. The molecule has 0 bridgehead atoms. The highest BCUT2D eigenvalue weighted by Gasteiger charge is 2.44. The van der Waals surface area contributed by atoms with Crippen LogP contribution in [0.15, 0.2) is 60.8 Å². The van der Waals surface area contributed by atoms with E-state index in [-0.39, 0.29) is 12.5 Å². The van der Waals surface area contributed by atoms with Crippen LogP contribution >= 0.6 is 0 Å². The van der Waals surface area contributed by atoms with Gasteiger partial charge in [0.05, 0.1) is 25.4 Å². The smallest absolute Gasteiger partial charge is 0.220 e. The van der Waals surface area contributed by atoms with Crippen molar-refractivity contribution < 1.29 is 39.8 Å². The number of carbonyl (C=O) groups is 1. The van der Waals surface area contributed by atoms with Crippen molar-refractivity contribution in [2.24, 2.45) is 0 Å². The number of ether oxygens (including phenoxy) is 2. The van der Waals surface area contributed by atoms with Crippen LogP contribution in [0.4, 0.5) is 0 Å². The summed E-state index contributed by atoms with van der Waals surface area (Å²) in [5.74, 6) is -0.183. The van der Waals surface area contributed by atoms with Gasteiger partial charge in [-0.3, -0.25) is 4.79 Å². The van der Waals surface area contributed by atoms with Gasteiger partial charge in [0.15, 0.2) is 6.29 Å². The monoisotopic (exact) mass is 1110 g/mol. The molecule has 1 heterocycles. The molecule has 1 saturated heterocycles. The number of hydrogen-bond acceptors (Lipinski definition) is 8. The lowest BCUT2D eigenvalue weighted by Crippen LogP contribution is -2.60. The van der Waals surface area contributed by atoms with E-state index in [1.54, 1.807) is 6.08 Å². The van der Waals surface area contributed by atoms with E-state index in [1.807, 2.05) is 6.08 Å². The fourth-order valence-corrected chi connectivity index (χ4v) is 10.7. The number of aliphatic hydroxyl groups excluding tert-OH is 5. The summed E-state index contributed by atoms with van der Waals surface area (Å²) in [5.41, 5.74) is 0. The Kier molecular flexibility index (Phi) is 56.0. The molecule has 9 heteroatoms. The lowest BCUT2D eigenvalue weighted by Gasteiger charge is -2.40. The third kappa shape index (κ3) is 48.0. The van der Waals surface area contributed by atoms with Crippen LogP contribution < -0.4 is 5.32 Å². The van der Waals surface area contributed by atoms with Gasteiger partial charge in [-0.05, 0) is 70.6 Å². The highest BCUT2D eigenvalue weighted by molar-refractivity contribution is 5.76. The second-order valence-electron chi connectivity index (χ2n) is 23.6. The minimum atomic E-state index is -1.57. The number of unbranched alkanes of at least 4 members (excludes halogenated alkanes) is 41. The van der Waals surface area contributed by atoms with Gasteiger partial charge in [0.2, 0.25) is 5.91 Å². The number of rotatable bonds is 59. The zero-order valence-electron chi connectivity index (χ0n) is 51.6. The highest BCUT2D eigenvalue weighted by atomic mass is 16.7. The van der Waals surface area contributed by atoms with E-state index < -0.39 is 49.5 Å². The van der Waals surface area contributed by atoms with E-state index >= 15 is 0 Å². The number of nitrogens with one attached hydrogen (secondary N) is 1. The lowest BCUT2D eigenvalue weighted by molar-refractivity contribution is -0.302. The van der Waals surface area contributed by atoms with Crippen molar-refractivity contribution in [3.63, 3.8) is 0 Å². The van der Waals surface area contributed by atoms with Crippen LogP contribution in [-0.2, 0) is 14.3 Å². The van der Waals surface area contributed by atoms with E-state index in [0.717, 1.165) is 51.4 Å². The molecule has 0 spiro atoms. The van der Waals surface area contributed by atoms with Gasteiger partial charge >= 0.3 is 0 Å². The first-order valence-electron chi connectivity index (χ1n) is 34.0. The van der Waals surface area contributed by atoms with E-state index in [9.17, 15) is 30.3 Å². The number of aliphatic hydroxyl groups is 5. The summed E-state index contributed by atoms with van der Waals surface area (Å²) in [7, 11) is 0. The summed E-state index contributed by atoms with van der Waals surface area (Å²) in [4.78, 5) is 13.1. The van der Waals surface area contributed by atoms with Crippen LogP contribution in [0, 0.1) is 0 Å². The van der Waals surface area contributed by atoms with Gasteiger partial charge in [-0.25, -0.2) is 0 Å². The number of hydrogen-bond donors (Lipinski definition) is 6. The minimum absolute atomic E-state index is 0.183. The maximum atomic E-state index is 13.1. The van der Waals surface area contributed by atoms with Crippen molar-refractivity contribution in [2.45, 2.75) is 365 Å². The van der Waals surface area contributed by atoms with Crippen LogP contribution in [0.25, 0.3) is 0 Å². The van der Waals surface area contributed by atoms with Crippen molar-refractivity contribution in [1.29, 1.82) is 0 Å². The van der Waals surface area contributed by atoms with Crippen molar-refractivity contribution in [3.8, 4) is 0 Å². The predicted octanol–water partition coefficient (Wildman–Crippen LogP) is 18.2. The van der Waals surface area contributed by atoms with Crippen molar-refractivity contribution in [3.05, 3.63) is 60.8 Å². The number of amides is 1. The minimum Gasteiger partial charge on any atom is -0.394 e. The van der Waals surface area contributed by atoms with Gasteiger partial charge in [-0.15, -0.1) is 0 Å². The maximum absolute atomic E-state index is 13.1. The van der Waals surface area contributed by atoms with E-state index in [0.29, 0.717) is 6.42 Å². The predicted molar refractivity (Wildman–Crippen MR) is 336 cm³/mol. The molecule has 0 saturated carbocycles. The third-order valence-corrected chi connectivity index (χ3v) is 16.1. The lowest BCUT2D eigenvalue weighted by atomic mass is 9.99. The number of carbonyl (C=O) groups excluding carboxylic acids is 1. The van der Waals surface area contributed by atoms with Crippen LogP contribution in [0.1, 0.15) is 322 Å². The second kappa shape index (κ2) is 59.1. The van der Waals surface area contributed by atoms with Gasteiger partial charge in [0.1, 0.15) is 24.4 Å². The molecule has 9 nitrogen and oxygen atoms in total. The summed E-state index contributed by atoms with van der Waals surface area (Å²) in [6, 6.07) is -0.824. The van der Waals surface area contributed by atoms with Gasteiger partial charge < -0.3 is 40.3 Å². The summed E-state index contributed by atoms with van der Waals surface area (Å²) in [6.45, 7) is 3.79. The van der Waals surface area contributed by atoms with Crippen LogP contribution in [0.3, 0.4) is 0 Å². The van der Waals surface area contributed by atoms with Gasteiger partial charge in [-0.1, -0.05) is 306 Å². The summed E-state index contributed by atoms with van der Waals surface area (Å²) in [6.07, 6.45) is 74.6. The molecular formula is C70H129NO8. The van der Waals surface area contributed by atoms with Gasteiger partial charge in [0.25, 0.3) is 0 Å². The summed E-state index contributed by atoms with van der Waals surface area (Å²) in [5, 5.41) is 54.7. The van der Waals surface area contributed by atoms with Gasteiger partial charge in [-0.2, -0.15) is 0 Å². The zero-order chi connectivity index (χ0) is 57.2. The van der Waals surface area contributed by atoms with Gasteiger partial charge in [0, 0.05) is 6.42 Å². The summed E-state index contributed by atoms with van der Waals surface area (Å²) >= 11 is 0. The molecule has 7 unspecified atom stereocenters. The largest absolute Gasteiger partial charge is 0.394 e. The first-order valence-corrected chi connectivity index (χ1v) is 34.0. The fraction of sp³-hybridized carbons (Fsp3) is 0.843. The Morgan fingerprint density at radius 2 is 0.759 bits per heavy atom. The molecule has 0 aromatic carbocycles. The summed E-state index contributed by atoms with van der Waals surface area (Å²) < 4.78 is 11.3. The van der Waals surface area contributed by atoms with Crippen LogP contribution in [0.2, 0.25) is 0 Å². The van der Waals surface area contributed by atoms with Crippen molar-refractivity contribution in [1.82, 2.24) is 5.32 Å². The molecule has 7 atom stereocenters.